The summed E-state index contributed by atoms with van der Waals surface area (Å²) >= 11 is 1.21. The predicted octanol–water partition coefficient (Wildman–Crippen LogP) is 1.57. The molecular weight excluding hydrogens is 278 g/mol. The summed E-state index contributed by atoms with van der Waals surface area (Å²) in [5.74, 6) is -0.632. The SMILES string of the molecule is O=C(O)CC1S/C(=C/c2nc3ccccc3[nH]2)NC1=O. The van der Waals surface area contributed by atoms with Crippen LogP contribution in [0.2, 0.25) is 0 Å². The van der Waals surface area contributed by atoms with E-state index in [4.69, 9.17) is 5.11 Å². The number of imidazole rings is 1. The molecule has 0 bridgehead atoms. The lowest BCUT2D eigenvalue weighted by atomic mass is 10.3. The van der Waals surface area contributed by atoms with E-state index in [2.05, 4.69) is 15.3 Å². The molecule has 1 saturated heterocycles. The number of aliphatic carboxylic acids is 1. The van der Waals surface area contributed by atoms with Crippen molar-refractivity contribution in [3.05, 3.63) is 35.1 Å². The summed E-state index contributed by atoms with van der Waals surface area (Å²) in [7, 11) is 0. The smallest absolute Gasteiger partial charge is 0.305 e. The number of rotatable bonds is 3. The van der Waals surface area contributed by atoms with Crippen molar-refractivity contribution < 1.29 is 14.7 Å². The summed E-state index contributed by atoms with van der Waals surface area (Å²) in [5, 5.41) is 11.4. The van der Waals surface area contributed by atoms with Crippen LogP contribution in [0.15, 0.2) is 29.3 Å². The monoisotopic (exact) mass is 289 g/mol. The van der Waals surface area contributed by atoms with Gasteiger partial charge in [-0.2, -0.15) is 0 Å². The lowest BCUT2D eigenvalue weighted by molar-refractivity contribution is -0.138. The summed E-state index contributed by atoms with van der Waals surface area (Å²) in [6.07, 6.45) is 1.53. The van der Waals surface area contributed by atoms with Crippen molar-refractivity contribution in [2.24, 2.45) is 0 Å². The first kappa shape index (κ1) is 12.7. The molecule has 1 aromatic carbocycles. The number of nitrogens with zero attached hydrogens (tertiary/aromatic N) is 1. The van der Waals surface area contributed by atoms with Crippen LogP contribution >= 0.6 is 11.8 Å². The molecule has 3 rings (SSSR count). The summed E-state index contributed by atoms with van der Waals surface area (Å²) < 4.78 is 0. The van der Waals surface area contributed by atoms with Crippen LogP contribution in [-0.4, -0.2) is 32.2 Å². The Bertz CT molecular complexity index is 689. The van der Waals surface area contributed by atoms with Crippen LogP contribution in [0.3, 0.4) is 0 Å². The van der Waals surface area contributed by atoms with Gasteiger partial charge in [-0.25, -0.2) is 4.98 Å². The zero-order chi connectivity index (χ0) is 14.1. The molecule has 3 N–H and O–H groups in total. The van der Waals surface area contributed by atoms with Gasteiger partial charge in [-0.3, -0.25) is 9.59 Å². The number of carbonyl (C=O) groups excluding carboxylic acids is 1. The number of carbonyl (C=O) groups is 2. The number of H-pyrrole nitrogens is 1. The molecule has 7 heteroatoms. The second kappa shape index (κ2) is 5.01. The molecule has 1 aromatic heterocycles. The van der Waals surface area contributed by atoms with Crippen molar-refractivity contribution in [1.29, 1.82) is 0 Å². The van der Waals surface area contributed by atoms with Gasteiger partial charge < -0.3 is 15.4 Å². The van der Waals surface area contributed by atoms with Gasteiger partial charge in [-0.15, -0.1) is 0 Å². The van der Waals surface area contributed by atoms with E-state index in [0.29, 0.717) is 10.9 Å². The Hall–Kier alpha value is -2.28. The molecule has 1 atom stereocenters. The van der Waals surface area contributed by atoms with E-state index in [0.717, 1.165) is 11.0 Å². The molecule has 1 aliphatic heterocycles. The van der Waals surface area contributed by atoms with Gasteiger partial charge in [0.1, 0.15) is 11.1 Å². The lowest BCUT2D eigenvalue weighted by Crippen LogP contribution is -2.24. The molecule has 1 fully saturated rings. The lowest BCUT2D eigenvalue weighted by Gasteiger charge is -1.98. The molecule has 1 aliphatic rings. The van der Waals surface area contributed by atoms with Crippen LogP contribution in [-0.2, 0) is 9.59 Å². The number of aromatic nitrogens is 2. The third-order valence-corrected chi connectivity index (χ3v) is 3.98. The maximum absolute atomic E-state index is 11.6. The maximum Gasteiger partial charge on any atom is 0.305 e. The van der Waals surface area contributed by atoms with Crippen molar-refractivity contribution in [2.75, 3.05) is 0 Å². The maximum atomic E-state index is 11.6. The average molecular weight is 289 g/mol. The molecule has 20 heavy (non-hydrogen) atoms. The highest BCUT2D eigenvalue weighted by atomic mass is 32.2. The highest BCUT2D eigenvalue weighted by molar-refractivity contribution is 8.05. The van der Waals surface area contributed by atoms with Gasteiger partial charge in [-0.1, -0.05) is 23.9 Å². The predicted molar refractivity (Wildman–Crippen MR) is 75.8 cm³/mol. The average Bonchev–Trinajstić information content (AvgIpc) is 2.92. The van der Waals surface area contributed by atoms with E-state index in [9.17, 15) is 9.59 Å². The van der Waals surface area contributed by atoms with Crippen LogP contribution in [0.1, 0.15) is 12.2 Å². The first-order valence-electron chi connectivity index (χ1n) is 5.97. The number of hydrogen-bond donors (Lipinski definition) is 3. The molecule has 102 valence electrons. The number of amides is 1. The van der Waals surface area contributed by atoms with Gasteiger partial charge in [0.15, 0.2) is 0 Å². The molecule has 0 spiro atoms. The highest BCUT2D eigenvalue weighted by Crippen LogP contribution is 2.30. The van der Waals surface area contributed by atoms with E-state index in [-0.39, 0.29) is 12.3 Å². The van der Waals surface area contributed by atoms with Crippen LogP contribution in [0.25, 0.3) is 17.1 Å². The van der Waals surface area contributed by atoms with Crippen LogP contribution in [0, 0.1) is 0 Å². The minimum Gasteiger partial charge on any atom is -0.481 e. The Labute approximate surface area is 118 Å². The number of aromatic amines is 1. The summed E-state index contributed by atoms with van der Waals surface area (Å²) in [4.78, 5) is 29.8. The minimum absolute atomic E-state index is 0.187. The zero-order valence-corrected chi connectivity index (χ0v) is 11.1. The molecule has 0 saturated carbocycles. The molecule has 0 aliphatic carbocycles. The van der Waals surface area contributed by atoms with Gasteiger partial charge in [0.2, 0.25) is 5.91 Å². The topological polar surface area (TPSA) is 95.1 Å². The van der Waals surface area contributed by atoms with E-state index in [1.165, 1.54) is 11.8 Å². The first-order valence-corrected chi connectivity index (χ1v) is 6.85. The van der Waals surface area contributed by atoms with Crippen molar-refractivity contribution in [1.82, 2.24) is 15.3 Å². The third kappa shape index (κ3) is 2.53. The summed E-state index contributed by atoms with van der Waals surface area (Å²) in [6.45, 7) is 0. The molecule has 2 heterocycles. The van der Waals surface area contributed by atoms with Crippen molar-refractivity contribution in [3.63, 3.8) is 0 Å². The number of fused-ring (bicyclic) bond motifs is 1. The van der Waals surface area contributed by atoms with E-state index < -0.39 is 11.2 Å². The van der Waals surface area contributed by atoms with Crippen molar-refractivity contribution in [2.45, 2.75) is 11.7 Å². The fourth-order valence-electron chi connectivity index (χ4n) is 1.97. The Morgan fingerprint density at radius 1 is 1.45 bits per heavy atom. The molecule has 2 aromatic rings. The molecule has 6 nitrogen and oxygen atoms in total. The normalized spacial score (nSPS) is 20.5. The first-order chi connectivity index (χ1) is 9.61. The zero-order valence-electron chi connectivity index (χ0n) is 10.3. The number of nitrogens with one attached hydrogen (secondary N) is 2. The summed E-state index contributed by atoms with van der Waals surface area (Å²) in [6, 6.07) is 7.61. The fraction of sp³-hybridized carbons (Fsp3) is 0.154. The Morgan fingerprint density at radius 2 is 2.25 bits per heavy atom. The van der Waals surface area contributed by atoms with Crippen molar-refractivity contribution >= 4 is 40.7 Å². The van der Waals surface area contributed by atoms with Crippen LogP contribution < -0.4 is 5.32 Å². The van der Waals surface area contributed by atoms with Gasteiger partial charge in [0.05, 0.1) is 22.5 Å². The highest BCUT2D eigenvalue weighted by Gasteiger charge is 2.30. The molecule has 1 unspecified atom stereocenters. The molecule has 1 amide bonds. The number of para-hydroxylation sites is 2. The van der Waals surface area contributed by atoms with E-state index >= 15 is 0 Å². The third-order valence-electron chi connectivity index (χ3n) is 2.84. The number of thioether (sulfide) groups is 1. The minimum atomic E-state index is -0.984. The van der Waals surface area contributed by atoms with Gasteiger partial charge in [0, 0.05) is 6.08 Å². The fourth-order valence-corrected chi connectivity index (χ4v) is 3.00. The second-order valence-corrected chi connectivity index (χ2v) is 5.59. The van der Waals surface area contributed by atoms with Crippen molar-refractivity contribution in [3.8, 4) is 0 Å². The molecule has 0 radical (unpaired) electrons. The Balaban J connectivity index is 1.82. The number of carboxylic acid groups (broad SMARTS) is 1. The van der Waals surface area contributed by atoms with Crippen LogP contribution in [0.5, 0.6) is 0 Å². The Kier molecular flexibility index (Phi) is 3.19. The van der Waals surface area contributed by atoms with Gasteiger partial charge >= 0.3 is 5.97 Å². The largest absolute Gasteiger partial charge is 0.481 e. The van der Waals surface area contributed by atoms with Gasteiger partial charge in [-0.05, 0) is 12.1 Å². The number of carboxylic acids is 1. The second-order valence-electron chi connectivity index (χ2n) is 4.34. The standard InChI is InChI=1S/C13H11N3O3S/c17-12(18)5-9-13(19)16-11(20-9)6-10-14-7-3-1-2-4-8(7)15-10/h1-4,6,9H,5H2,(H,14,15)(H,16,19)(H,17,18)/b11-6+. The van der Waals surface area contributed by atoms with E-state index in [1.807, 2.05) is 24.3 Å². The van der Waals surface area contributed by atoms with Gasteiger partial charge in [0.25, 0.3) is 0 Å². The Morgan fingerprint density at radius 3 is 3.00 bits per heavy atom. The van der Waals surface area contributed by atoms with Crippen LogP contribution in [0.4, 0.5) is 0 Å². The summed E-state index contributed by atoms with van der Waals surface area (Å²) in [5.41, 5.74) is 1.76. The van der Waals surface area contributed by atoms with E-state index in [1.54, 1.807) is 6.08 Å². The molecular formula is C13H11N3O3S. The number of hydrogen-bond acceptors (Lipinski definition) is 4. The number of benzene rings is 1. The quantitative estimate of drug-likeness (QED) is 0.797.